The summed E-state index contributed by atoms with van der Waals surface area (Å²) in [5.41, 5.74) is 1.86. The lowest BCUT2D eigenvalue weighted by molar-refractivity contribution is 0.408. The molecule has 7 heteroatoms. The van der Waals surface area contributed by atoms with E-state index in [0.717, 1.165) is 49.1 Å². The molecule has 0 bridgehead atoms. The minimum atomic E-state index is -0.238. The Balaban J connectivity index is 1.52. The quantitative estimate of drug-likeness (QED) is 0.645. The molecule has 0 aliphatic carbocycles. The van der Waals surface area contributed by atoms with Crippen LogP contribution in [0.5, 0.6) is 0 Å². The predicted octanol–water partition coefficient (Wildman–Crippen LogP) is 2.96. The van der Waals surface area contributed by atoms with E-state index in [4.69, 9.17) is 0 Å². The Morgan fingerprint density at radius 1 is 1.35 bits per heavy atom. The van der Waals surface area contributed by atoms with Crippen LogP contribution in [0.3, 0.4) is 0 Å². The summed E-state index contributed by atoms with van der Waals surface area (Å²) in [6.07, 6.45) is 3.91. The maximum Gasteiger partial charge on any atom is 0.193 e. The van der Waals surface area contributed by atoms with Gasteiger partial charge in [-0.05, 0) is 36.8 Å². The molecule has 0 saturated carbocycles. The van der Waals surface area contributed by atoms with Crippen LogP contribution in [0.15, 0.2) is 41.5 Å². The smallest absolute Gasteiger partial charge is 0.193 e. The van der Waals surface area contributed by atoms with Crippen molar-refractivity contribution in [3.63, 3.8) is 0 Å². The van der Waals surface area contributed by atoms with E-state index in [2.05, 4.69) is 39.0 Å². The van der Waals surface area contributed by atoms with E-state index in [0.29, 0.717) is 5.25 Å². The van der Waals surface area contributed by atoms with E-state index >= 15 is 0 Å². The van der Waals surface area contributed by atoms with Crippen LogP contribution in [-0.4, -0.2) is 58.3 Å². The van der Waals surface area contributed by atoms with E-state index in [9.17, 15) is 4.39 Å². The molecule has 1 aliphatic heterocycles. The van der Waals surface area contributed by atoms with E-state index in [-0.39, 0.29) is 5.82 Å². The molecule has 1 aromatic heterocycles. The monoisotopic (exact) mass is 375 g/mol. The lowest BCUT2D eigenvalue weighted by Crippen LogP contribution is -2.48. The summed E-state index contributed by atoms with van der Waals surface area (Å²) in [6.45, 7) is 5.13. The molecule has 1 saturated heterocycles. The second kappa shape index (κ2) is 9.07. The molecule has 0 radical (unpaired) electrons. The van der Waals surface area contributed by atoms with Gasteiger partial charge in [0.1, 0.15) is 5.82 Å². The summed E-state index contributed by atoms with van der Waals surface area (Å²) in [5.74, 6) is 1.89. The van der Waals surface area contributed by atoms with E-state index in [1.165, 1.54) is 18.6 Å². The fraction of sp³-hybridized carbons (Fsp3) is 0.474. The summed E-state index contributed by atoms with van der Waals surface area (Å²) in [4.78, 5) is 6.78. The first-order valence-electron chi connectivity index (χ1n) is 9.07. The third-order valence-electron chi connectivity index (χ3n) is 4.51. The zero-order chi connectivity index (χ0) is 18.4. The number of rotatable bonds is 5. The molecule has 1 N–H and O–H groups in total. The number of nitrogens with one attached hydrogen (secondary N) is 1. The fourth-order valence-corrected chi connectivity index (χ4v) is 4.21. The van der Waals surface area contributed by atoms with Crippen LogP contribution < -0.4 is 5.32 Å². The number of aromatic nitrogens is 2. The Labute approximate surface area is 158 Å². The van der Waals surface area contributed by atoms with Crippen molar-refractivity contribution < 1.29 is 4.39 Å². The second-order valence-electron chi connectivity index (χ2n) is 6.30. The highest BCUT2D eigenvalue weighted by atomic mass is 32.2. The molecule has 26 heavy (non-hydrogen) atoms. The van der Waals surface area contributed by atoms with Crippen molar-refractivity contribution in [3.8, 4) is 5.69 Å². The maximum absolute atomic E-state index is 13.0. The number of aliphatic imine (C=N–C) groups is 1. The van der Waals surface area contributed by atoms with Gasteiger partial charge in [0.2, 0.25) is 0 Å². The van der Waals surface area contributed by atoms with Crippen molar-refractivity contribution in [1.82, 2.24) is 20.0 Å². The van der Waals surface area contributed by atoms with Crippen LogP contribution in [0.25, 0.3) is 5.69 Å². The number of hydrogen-bond acceptors (Lipinski definition) is 3. The molecular formula is C19H26FN5S. The van der Waals surface area contributed by atoms with Crippen molar-refractivity contribution in [2.75, 3.05) is 32.4 Å². The van der Waals surface area contributed by atoms with Crippen LogP contribution in [-0.2, 0) is 6.42 Å². The first-order valence-corrected chi connectivity index (χ1v) is 10.1. The van der Waals surface area contributed by atoms with Gasteiger partial charge in [-0.1, -0.05) is 6.92 Å². The maximum atomic E-state index is 13.0. The summed E-state index contributed by atoms with van der Waals surface area (Å²) in [5, 5.41) is 8.71. The topological polar surface area (TPSA) is 45.5 Å². The van der Waals surface area contributed by atoms with Crippen molar-refractivity contribution in [1.29, 1.82) is 0 Å². The molecule has 2 heterocycles. The number of nitrogens with zero attached hydrogens (tertiary/aromatic N) is 4. The average Bonchev–Trinajstić information content (AvgIpc) is 3.15. The van der Waals surface area contributed by atoms with Gasteiger partial charge in [0.25, 0.3) is 0 Å². The molecule has 0 spiro atoms. The average molecular weight is 376 g/mol. The van der Waals surface area contributed by atoms with Crippen molar-refractivity contribution in [2.24, 2.45) is 4.99 Å². The molecule has 1 fully saturated rings. The molecule has 2 aromatic rings. The molecular weight excluding hydrogens is 349 g/mol. The lowest BCUT2D eigenvalue weighted by atomic mass is 10.3. The molecule has 140 valence electrons. The van der Waals surface area contributed by atoms with Gasteiger partial charge < -0.3 is 10.2 Å². The molecule has 3 rings (SSSR count). The summed E-state index contributed by atoms with van der Waals surface area (Å²) >= 11 is 2.06. The Morgan fingerprint density at radius 3 is 2.88 bits per heavy atom. The van der Waals surface area contributed by atoms with Crippen molar-refractivity contribution in [3.05, 3.63) is 48.0 Å². The van der Waals surface area contributed by atoms with E-state index in [1.54, 1.807) is 16.8 Å². The van der Waals surface area contributed by atoms with Gasteiger partial charge in [-0.15, -0.1) is 0 Å². The van der Waals surface area contributed by atoms with Crippen LogP contribution in [0.2, 0.25) is 0 Å². The van der Waals surface area contributed by atoms with Gasteiger partial charge >= 0.3 is 0 Å². The Kier molecular flexibility index (Phi) is 6.55. The largest absolute Gasteiger partial charge is 0.356 e. The first-order chi connectivity index (χ1) is 12.7. The lowest BCUT2D eigenvalue weighted by Gasteiger charge is -2.34. The van der Waals surface area contributed by atoms with Crippen LogP contribution >= 0.6 is 11.8 Å². The van der Waals surface area contributed by atoms with E-state index < -0.39 is 0 Å². The molecule has 0 amide bonds. The minimum absolute atomic E-state index is 0.238. The van der Waals surface area contributed by atoms with Crippen LogP contribution in [0, 0.1) is 5.82 Å². The number of hydrogen-bond donors (Lipinski definition) is 1. The highest BCUT2D eigenvalue weighted by molar-refractivity contribution is 8.00. The molecule has 5 nitrogen and oxygen atoms in total. The highest BCUT2D eigenvalue weighted by Gasteiger charge is 2.21. The third-order valence-corrected chi connectivity index (χ3v) is 5.88. The summed E-state index contributed by atoms with van der Waals surface area (Å²) in [6, 6.07) is 8.35. The highest BCUT2D eigenvalue weighted by Crippen LogP contribution is 2.21. The van der Waals surface area contributed by atoms with E-state index in [1.807, 2.05) is 19.3 Å². The summed E-state index contributed by atoms with van der Waals surface area (Å²) < 4.78 is 14.8. The molecule has 1 aliphatic rings. The minimum Gasteiger partial charge on any atom is -0.356 e. The van der Waals surface area contributed by atoms with Gasteiger partial charge in [-0.25, -0.2) is 9.07 Å². The zero-order valence-electron chi connectivity index (χ0n) is 15.4. The normalized spacial score (nSPS) is 18.2. The number of benzene rings is 1. The number of thioether (sulfide) groups is 1. The standard InChI is InChI=1S/C19H26FN5S/c1-3-18-14-24(12-13-26-18)19(21-2)22-10-8-16-9-11-25(23-16)17-6-4-15(20)5-7-17/h4-7,9,11,18H,3,8,10,12-14H2,1-2H3,(H,21,22). The SMILES string of the molecule is CCC1CN(C(=NC)NCCc2ccn(-c3ccc(F)cc3)n2)CCS1. The second-order valence-corrected chi connectivity index (χ2v) is 7.71. The zero-order valence-corrected chi connectivity index (χ0v) is 16.2. The van der Waals surface area contributed by atoms with Gasteiger partial charge in [-0.2, -0.15) is 16.9 Å². The molecule has 1 unspecified atom stereocenters. The fourth-order valence-electron chi connectivity index (χ4n) is 3.03. The molecule has 1 aromatic carbocycles. The summed E-state index contributed by atoms with van der Waals surface area (Å²) in [7, 11) is 1.84. The predicted molar refractivity (Wildman–Crippen MR) is 107 cm³/mol. The number of guanidine groups is 1. The van der Waals surface area contributed by atoms with Gasteiger partial charge in [-0.3, -0.25) is 4.99 Å². The Morgan fingerprint density at radius 2 is 2.15 bits per heavy atom. The van der Waals surface area contributed by atoms with Crippen LogP contribution in [0.4, 0.5) is 4.39 Å². The van der Waals surface area contributed by atoms with Crippen LogP contribution in [0.1, 0.15) is 19.0 Å². The molecule has 1 atom stereocenters. The van der Waals surface area contributed by atoms with Gasteiger partial charge in [0, 0.05) is 50.3 Å². The van der Waals surface area contributed by atoms with Gasteiger partial charge in [0.05, 0.1) is 11.4 Å². The van der Waals surface area contributed by atoms with Crippen molar-refractivity contribution >= 4 is 17.7 Å². The Bertz CT molecular complexity index is 728. The van der Waals surface area contributed by atoms with Gasteiger partial charge in [0.15, 0.2) is 5.96 Å². The number of halogens is 1. The Hall–Kier alpha value is -2.02. The van der Waals surface area contributed by atoms with Crippen molar-refractivity contribution in [2.45, 2.75) is 25.0 Å². The first kappa shape index (κ1) is 18.8. The third kappa shape index (κ3) is 4.78.